The van der Waals surface area contributed by atoms with Crippen LogP contribution in [-0.4, -0.2) is 20.9 Å². The number of carbonyl (C=O) groups is 1. The highest BCUT2D eigenvalue weighted by molar-refractivity contribution is 7.14. The summed E-state index contributed by atoms with van der Waals surface area (Å²) in [5, 5.41) is 8.45. The number of amides is 1. The summed E-state index contributed by atoms with van der Waals surface area (Å²) in [6.45, 7) is 2.35. The first-order valence-corrected chi connectivity index (χ1v) is 11.4. The molecular weight excluding hydrogens is 428 g/mol. The van der Waals surface area contributed by atoms with Gasteiger partial charge in [0.05, 0.1) is 22.5 Å². The van der Waals surface area contributed by atoms with E-state index in [-0.39, 0.29) is 5.91 Å². The highest BCUT2D eigenvalue weighted by Gasteiger charge is 2.17. The largest absolute Gasteiger partial charge is 0.486 e. The Labute approximate surface area is 186 Å². The van der Waals surface area contributed by atoms with Crippen LogP contribution >= 0.6 is 22.7 Å². The van der Waals surface area contributed by atoms with E-state index < -0.39 is 0 Å². The van der Waals surface area contributed by atoms with Crippen molar-refractivity contribution in [1.29, 1.82) is 0 Å². The number of benzene rings is 2. The van der Waals surface area contributed by atoms with Crippen molar-refractivity contribution in [2.45, 2.75) is 13.5 Å². The molecule has 0 atom stereocenters. The Morgan fingerprint density at radius 1 is 1.13 bits per heavy atom. The summed E-state index contributed by atoms with van der Waals surface area (Å²) in [7, 11) is 0. The molecular formula is C23H18N4O2S2. The van der Waals surface area contributed by atoms with Gasteiger partial charge in [-0.3, -0.25) is 10.1 Å². The van der Waals surface area contributed by atoms with Crippen LogP contribution in [0.5, 0.6) is 5.75 Å². The third kappa shape index (κ3) is 3.95. The molecule has 31 heavy (non-hydrogen) atoms. The van der Waals surface area contributed by atoms with Gasteiger partial charge in [-0.2, -0.15) is 0 Å². The second-order valence-corrected chi connectivity index (χ2v) is 8.50. The Hall–Kier alpha value is -3.49. The van der Waals surface area contributed by atoms with Crippen molar-refractivity contribution >= 4 is 44.6 Å². The summed E-state index contributed by atoms with van der Waals surface area (Å²) in [6, 6.07) is 15.3. The molecule has 5 rings (SSSR count). The second kappa shape index (κ2) is 8.33. The summed E-state index contributed by atoms with van der Waals surface area (Å²) in [6.07, 6.45) is 0. The molecule has 0 aliphatic rings. The lowest BCUT2D eigenvalue weighted by Gasteiger charge is -2.10. The van der Waals surface area contributed by atoms with E-state index in [1.165, 1.54) is 22.7 Å². The van der Waals surface area contributed by atoms with E-state index in [9.17, 15) is 4.79 Å². The summed E-state index contributed by atoms with van der Waals surface area (Å²) in [5.41, 5.74) is 7.05. The van der Waals surface area contributed by atoms with Gasteiger partial charge in [0, 0.05) is 32.9 Å². The fourth-order valence-electron chi connectivity index (χ4n) is 3.46. The van der Waals surface area contributed by atoms with Gasteiger partial charge in [0.1, 0.15) is 12.4 Å². The topological polar surface area (TPSA) is 79.9 Å². The lowest BCUT2D eigenvalue weighted by molar-refractivity contribution is 0.102. The number of aryl methyl sites for hydroxylation is 1. The van der Waals surface area contributed by atoms with Gasteiger partial charge in [-0.1, -0.05) is 30.3 Å². The van der Waals surface area contributed by atoms with Crippen LogP contribution in [0.25, 0.3) is 22.2 Å². The van der Waals surface area contributed by atoms with Crippen LogP contribution in [0.15, 0.2) is 64.8 Å². The van der Waals surface area contributed by atoms with E-state index >= 15 is 0 Å². The van der Waals surface area contributed by atoms with E-state index in [2.05, 4.69) is 26.3 Å². The molecule has 0 bridgehead atoms. The minimum Gasteiger partial charge on any atom is -0.486 e. The number of hydrogen-bond acceptors (Lipinski definition) is 6. The van der Waals surface area contributed by atoms with Gasteiger partial charge in [0.25, 0.3) is 5.91 Å². The van der Waals surface area contributed by atoms with Gasteiger partial charge in [0.15, 0.2) is 5.13 Å². The zero-order chi connectivity index (χ0) is 21.2. The van der Waals surface area contributed by atoms with Gasteiger partial charge in [-0.15, -0.1) is 22.7 Å². The molecule has 0 spiro atoms. The predicted molar refractivity (Wildman–Crippen MR) is 125 cm³/mol. The first-order chi connectivity index (χ1) is 15.2. The standard InChI is InChI=1S/C23H18N4O2S2/c1-14-21(16-6-2-4-8-18(16)25-14)19-12-31-23(26-19)27-22(28)17-7-3-5-9-20(17)29-10-15-11-30-13-24-15/h2-9,11-13,25H,10H2,1H3,(H,26,27,28). The Morgan fingerprint density at radius 2 is 1.97 bits per heavy atom. The Balaban J connectivity index is 1.36. The maximum Gasteiger partial charge on any atom is 0.261 e. The number of aromatic amines is 1. The summed E-state index contributed by atoms with van der Waals surface area (Å²) < 4.78 is 5.83. The number of H-pyrrole nitrogens is 1. The zero-order valence-electron chi connectivity index (χ0n) is 16.6. The number of fused-ring (bicyclic) bond motifs is 1. The van der Waals surface area contributed by atoms with Gasteiger partial charge in [0.2, 0.25) is 0 Å². The third-order valence-electron chi connectivity index (χ3n) is 4.87. The summed E-state index contributed by atoms with van der Waals surface area (Å²) in [4.78, 5) is 25.2. The third-order valence-corrected chi connectivity index (χ3v) is 6.26. The molecule has 2 N–H and O–H groups in total. The fourth-order valence-corrected chi connectivity index (χ4v) is 4.70. The van der Waals surface area contributed by atoms with Crippen LogP contribution in [0.1, 0.15) is 21.7 Å². The predicted octanol–water partition coefficient (Wildman–Crippen LogP) is 5.89. The van der Waals surface area contributed by atoms with Crippen LogP contribution < -0.4 is 10.1 Å². The molecule has 3 aromatic heterocycles. The van der Waals surface area contributed by atoms with Crippen molar-refractivity contribution in [2.75, 3.05) is 5.32 Å². The number of carbonyl (C=O) groups excluding carboxylic acids is 1. The van der Waals surface area contributed by atoms with E-state index in [4.69, 9.17) is 4.74 Å². The average molecular weight is 447 g/mol. The van der Waals surface area contributed by atoms with E-state index in [0.717, 1.165) is 33.5 Å². The number of thiazole rings is 2. The number of anilines is 1. The monoisotopic (exact) mass is 446 g/mol. The minimum absolute atomic E-state index is 0.259. The van der Waals surface area contributed by atoms with Crippen molar-refractivity contribution in [3.05, 3.63) is 81.8 Å². The first kappa shape index (κ1) is 19.5. The summed E-state index contributed by atoms with van der Waals surface area (Å²) in [5.74, 6) is 0.252. The highest BCUT2D eigenvalue weighted by atomic mass is 32.1. The van der Waals surface area contributed by atoms with Gasteiger partial charge < -0.3 is 9.72 Å². The SMILES string of the molecule is Cc1[nH]c2ccccc2c1-c1csc(NC(=O)c2ccccc2OCc2cscn2)n1. The molecule has 0 aliphatic carbocycles. The molecule has 154 valence electrons. The molecule has 0 aliphatic heterocycles. The molecule has 2 aromatic carbocycles. The molecule has 5 aromatic rings. The van der Waals surface area contributed by atoms with Gasteiger partial charge >= 0.3 is 0 Å². The smallest absolute Gasteiger partial charge is 0.261 e. The van der Waals surface area contributed by atoms with Crippen molar-refractivity contribution in [2.24, 2.45) is 0 Å². The fraction of sp³-hybridized carbons (Fsp3) is 0.0870. The van der Waals surface area contributed by atoms with E-state index in [0.29, 0.717) is 23.1 Å². The molecule has 6 nitrogen and oxygen atoms in total. The maximum atomic E-state index is 12.9. The number of nitrogens with one attached hydrogen (secondary N) is 2. The zero-order valence-corrected chi connectivity index (χ0v) is 18.2. The number of nitrogens with zero attached hydrogens (tertiary/aromatic N) is 2. The van der Waals surface area contributed by atoms with Crippen molar-refractivity contribution < 1.29 is 9.53 Å². The molecule has 3 heterocycles. The number of hydrogen-bond donors (Lipinski definition) is 2. The normalized spacial score (nSPS) is 11.0. The minimum atomic E-state index is -0.259. The highest BCUT2D eigenvalue weighted by Crippen LogP contribution is 2.34. The lowest BCUT2D eigenvalue weighted by atomic mass is 10.1. The molecule has 0 unspecified atom stereocenters. The number of rotatable bonds is 6. The molecule has 0 saturated heterocycles. The maximum absolute atomic E-state index is 12.9. The number of aromatic nitrogens is 3. The van der Waals surface area contributed by atoms with Crippen LogP contribution in [0.4, 0.5) is 5.13 Å². The lowest BCUT2D eigenvalue weighted by Crippen LogP contribution is -2.13. The first-order valence-electron chi connectivity index (χ1n) is 9.62. The molecule has 1 amide bonds. The van der Waals surface area contributed by atoms with Crippen LogP contribution in [-0.2, 0) is 6.61 Å². The van der Waals surface area contributed by atoms with Crippen LogP contribution in [0, 0.1) is 6.92 Å². The van der Waals surface area contributed by atoms with E-state index in [1.54, 1.807) is 17.6 Å². The average Bonchev–Trinajstić information content (AvgIpc) is 3.52. The van der Waals surface area contributed by atoms with E-state index in [1.807, 2.05) is 48.0 Å². The molecule has 0 radical (unpaired) electrons. The van der Waals surface area contributed by atoms with Crippen molar-refractivity contribution in [3.8, 4) is 17.0 Å². The Morgan fingerprint density at radius 3 is 2.84 bits per heavy atom. The van der Waals surface area contributed by atoms with Crippen LogP contribution in [0.3, 0.4) is 0 Å². The molecule has 0 fully saturated rings. The van der Waals surface area contributed by atoms with Gasteiger partial charge in [-0.05, 0) is 25.1 Å². The van der Waals surface area contributed by atoms with Gasteiger partial charge in [-0.25, -0.2) is 9.97 Å². The Bertz CT molecular complexity index is 1360. The molecule has 0 saturated carbocycles. The van der Waals surface area contributed by atoms with Crippen molar-refractivity contribution in [1.82, 2.24) is 15.0 Å². The van der Waals surface area contributed by atoms with Crippen LogP contribution in [0.2, 0.25) is 0 Å². The summed E-state index contributed by atoms with van der Waals surface area (Å²) >= 11 is 2.91. The second-order valence-electron chi connectivity index (χ2n) is 6.93. The molecule has 8 heteroatoms. The number of para-hydroxylation sites is 2. The Kier molecular flexibility index (Phi) is 5.23. The number of ether oxygens (including phenoxy) is 1. The quantitative estimate of drug-likeness (QED) is 0.341. The van der Waals surface area contributed by atoms with Crippen molar-refractivity contribution in [3.63, 3.8) is 0 Å².